The Kier molecular flexibility index (Phi) is 3.76. The minimum atomic E-state index is -0.437. The van der Waals surface area contributed by atoms with Gasteiger partial charge in [-0.05, 0) is 11.3 Å². The number of nitrogens with two attached hydrogens (primary N) is 1. The molecule has 3 N–H and O–H groups in total. The summed E-state index contributed by atoms with van der Waals surface area (Å²) in [6, 6.07) is 3.11. The summed E-state index contributed by atoms with van der Waals surface area (Å²) >= 11 is 0.964. The van der Waals surface area contributed by atoms with E-state index in [0.29, 0.717) is 11.5 Å². The van der Waals surface area contributed by atoms with E-state index in [2.05, 4.69) is 20.1 Å². The highest BCUT2D eigenvalue weighted by molar-refractivity contribution is 7.09. The van der Waals surface area contributed by atoms with Gasteiger partial charge in [-0.25, -0.2) is 0 Å². The van der Waals surface area contributed by atoms with Crippen molar-refractivity contribution in [2.75, 3.05) is 25.3 Å². The predicted molar refractivity (Wildman–Crippen MR) is 69.6 cm³/mol. The van der Waals surface area contributed by atoms with Crippen LogP contribution in [0.2, 0.25) is 0 Å². The van der Waals surface area contributed by atoms with Gasteiger partial charge in [0.1, 0.15) is 11.5 Å². The van der Waals surface area contributed by atoms with Crippen LogP contribution in [0.3, 0.4) is 0 Å². The van der Waals surface area contributed by atoms with Gasteiger partial charge < -0.3 is 15.2 Å². The first-order valence-corrected chi connectivity index (χ1v) is 5.91. The number of nitrogens with one attached hydrogen (secondary N) is 1. The molecule has 8 nitrogen and oxygen atoms in total. The summed E-state index contributed by atoms with van der Waals surface area (Å²) in [6.45, 7) is 0. The maximum atomic E-state index is 12.1. The zero-order valence-corrected chi connectivity index (χ0v) is 11.0. The van der Waals surface area contributed by atoms with Gasteiger partial charge in [0, 0.05) is 17.6 Å². The highest BCUT2D eigenvalue weighted by Crippen LogP contribution is 2.31. The zero-order valence-electron chi connectivity index (χ0n) is 10.2. The van der Waals surface area contributed by atoms with Crippen molar-refractivity contribution in [3.05, 3.63) is 17.7 Å². The molecule has 1 heterocycles. The van der Waals surface area contributed by atoms with Crippen molar-refractivity contribution < 1.29 is 14.3 Å². The fraction of sp³-hybridized carbons (Fsp3) is 0.200. The van der Waals surface area contributed by atoms with Crippen molar-refractivity contribution in [1.29, 1.82) is 0 Å². The average Bonchev–Trinajstić information content (AvgIpc) is 2.91. The molecule has 9 heteroatoms. The van der Waals surface area contributed by atoms with Gasteiger partial charge in [0.15, 0.2) is 0 Å². The van der Waals surface area contributed by atoms with Crippen LogP contribution in [-0.2, 0) is 0 Å². The lowest BCUT2D eigenvalue weighted by Crippen LogP contribution is -2.14. The number of aromatic nitrogens is 3. The number of rotatable bonds is 4. The number of benzene rings is 1. The number of carbonyl (C=O) groups excluding carboxylic acids is 1. The number of amides is 1. The maximum Gasteiger partial charge on any atom is 0.259 e. The molecule has 0 fully saturated rings. The second kappa shape index (κ2) is 5.48. The van der Waals surface area contributed by atoms with E-state index >= 15 is 0 Å². The third-order valence-corrected chi connectivity index (χ3v) is 2.85. The molecule has 0 spiro atoms. The van der Waals surface area contributed by atoms with Crippen LogP contribution in [0.4, 0.5) is 10.8 Å². The molecule has 0 atom stereocenters. The molecule has 0 bridgehead atoms. The van der Waals surface area contributed by atoms with Crippen molar-refractivity contribution in [2.45, 2.75) is 0 Å². The third-order valence-electron chi connectivity index (χ3n) is 2.34. The van der Waals surface area contributed by atoms with E-state index in [9.17, 15) is 4.79 Å². The highest BCUT2D eigenvalue weighted by atomic mass is 32.1. The second-order valence-electron chi connectivity index (χ2n) is 3.41. The molecule has 1 aromatic carbocycles. The van der Waals surface area contributed by atoms with Crippen molar-refractivity contribution in [3.63, 3.8) is 0 Å². The van der Waals surface area contributed by atoms with Crippen LogP contribution in [0.15, 0.2) is 12.1 Å². The molecule has 0 saturated heterocycles. The molecule has 1 amide bonds. The molecule has 0 saturated carbocycles. The van der Waals surface area contributed by atoms with E-state index in [1.54, 1.807) is 6.07 Å². The average molecular weight is 281 g/mol. The molecule has 0 aliphatic rings. The summed E-state index contributed by atoms with van der Waals surface area (Å²) < 4.78 is 13.7. The predicted octanol–water partition coefficient (Wildman–Crippen LogP) is 0.785. The number of carbonyl (C=O) groups is 1. The monoisotopic (exact) mass is 281 g/mol. The maximum absolute atomic E-state index is 12.1. The van der Waals surface area contributed by atoms with E-state index in [1.165, 1.54) is 20.3 Å². The molecular formula is C10H11N5O3S. The van der Waals surface area contributed by atoms with E-state index in [0.717, 1.165) is 11.5 Å². The van der Waals surface area contributed by atoms with E-state index in [4.69, 9.17) is 15.2 Å². The number of nitrogen functional groups attached to an aromatic ring is 1. The van der Waals surface area contributed by atoms with Crippen molar-refractivity contribution in [2.24, 2.45) is 0 Å². The Morgan fingerprint density at radius 1 is 1.37 bits per heavy atom. The topological polar surface area (TPSA) is 112 Å². The number of nitrogens with zero attached hydrogens (tertiary/aromatic N) is 3. The number of hydrogen-bond donors (Lipinski definition) is 2. The SMILES string of the molecule is COc1cc(OC)c(N)c(C(=O)Nc2nnns2)c1. The minimum Gasteiger partial charge on any atom is -0.497 e. The molecule has 2 aromatic rings. The first-order chi connectivity index (χ1) is 9.15. The van der Waals surface area contributed by atoms with Crippen LogP contribution >= 0.6 is 11.5 Å². The number of ether oxygens (including phenoxy) is 2. The van der Waals surface area contributed by atoms with Gasteiger partial charge in [-0.3, -0.25) is 10.1 Å². The molecule has 0 aliphatic heterocycles. The lowest BCUT2D eigenvalue weighted by atomic mass is 10.1. The van der Waals surface area contributed by atoms with Crippen molar-refractivity contribution >= 4 is 28.3 Å². The van der Waals surface area contributed by atoms with E-state index in [-0.39, 0.29) is 16.4 Å². The molecule has 0 radical (unpaired) electrons. The fourth-order valence-electron chi connectivity index (χ4n) is 1.42. The smallest absolute Gasteiger partial charge is 0.259 e. The third kappa shape index (κ3) is 2.71. The fourth-order valence-corrected chi connectivity index (χ4v) is 1.78. The molecule has 100 valence electrons. The highest BCUT2D eigenvalue weighted by Gasteiger charge is 2.17. The van der Waals surface area contributed by atoms with Crippen LogP contribution in [-0.4, -0.2) is 34.9 Å². The number of methoxy groups -OCH3 is 2. The Balaban J connectivity index is 2.35. The second-order valence-corrected chi connectivity index (χ2v) is 4.15. The lowest BCUT2D eigenvalue weighted by molar-refractivity contribution is 0.102. The van der Waals surface area contributed by atoms with Crippen LogP contribution in [0.25, 0.3) is 0 Å². The molecule has 2 rings (SSSR count). The van der Waals surface area contributed by atoms with Gasteiger partial charge in [-0.15, -0.1) is 0 Å². The van der Waals surface area contributed by atoms with Gasteiger partial charge in [0.05, 0.1) is 25.5 Å². The van der Waals surface area contributed by atoms with Crippen LogP contribution < -0.4 is 20.5 Å². The van der Waals surface area contributed by atoms with Crippen LogP contribution in [0.1, 0.15) is 10.4 Å². The molecule has 0 aliphatic carbocycles. The van der Waals surface area contributed by atoms with Gasteiger partial charge in [0.25, 0.3) is 5.91 Å². The van der Waals surface area contributed by atoms with Gasteiger partial charge in [-0.1, -0.05) is 9.59 Å². The Bertz CT molecular complexity index is 587. The Labute approximate surface area is 112 Å². The van der Waals surface area contributed by atoms with Gasteiger partial charge in [-0.2, -0.15) is 0 Å². The lowest BCUT2D eigenvalue weighted by Gasteiger charge is -2.11. The summed E-state index contributed by atoms with van der Waals surface area (Å²) in [7, 11) is 2.95. The Hall–Kier alpha value is -2.42. The van der Waals surface area contributed by atoms with Crippen LogP contribution in [0, 0.1) is 0 Å². The largest absolute Gasteiger partial charge is 0.497 e. The molecule has 19 heavy (non-hydrogen) atoms. The molecule has 1 aromatic heterocycles. The van der Waals surface area contributed by atoms with E-state index < -0.39 is 5.91 Å². The zero-order chi connectivity index (χ0) is 13.8. The first kappa shape index (κ1) is 13.0. The summed E-state index contributed by atoms with van der Waals surface area (Å²) in [5, 5.41) is 9.82. The summed E-state index contributed by atoms with van der Waals surface area (Å²) in [5.74, 6) is 0.389. The standard InChI is InChI=1S/C10H11N5O3S/c1-17-5-3-6(8(11)7(4-5)18-2)9(16)12-10-13-14-15-19-10/h3-4H,11H2,1-2H3,(H,12,13,15,16). The van der Waals surface area contributed by atoms with Crippen molar-refractivity contribution in [1.82, 2.24) is 14.8 Å². The Morgan fingerprint density at radius 3 is 2.74 bits per heavy atom. The molecular weight excluding hydrogens is 270 g/mol. The van der Waals surface area contributed by atoms with Gasteiger partial charge >= 0.3 is 0 Å². The van der Waals surface area contributed by atoms with Crippen LogP contribution in [0.5, 0.6) is 11.5 Å². The van der Waals surface area contributed by atoms with E-state index in [1.807, 2.05) is 0 Å². The minimum absolute atomic E-state index is 0.221. The summed E-state index contributed by atoms with van der Waals surface area (Å²) in [6.07, 6.45) is 0. The summed E-state index contributed by atoms with van der Waals surface area (Å²) in [4.78, 5) is 12.1. The Morgan fingerprint density at radius 2 is 2.16 bits per heavy atom. The number of anilines is 2. The van der Waals surface area contributed by atoms with Crippen molar-refractivity contribution in [3.8, 4) is 11.5 Å². The summed E-state index contributed by atoms with van der Waals surface area (Å²) in [5.41, 5.74) is 6.31. The first-order valence-electron chi connectivity index (χ1n) is 5.13. The van der Waals surface area contributed by atoms with Gasteiger partial charge in [0.2, 0.25) is 5.13 Å². The molecule has 0 unspecified atom stereocenters. The number of hydrogen-bond acceptors (Lipinski definition) is 8. The quantitative estimate of drug-likeness (QED) is 0.796. The normalized spacial score (nSPS) is 10.0.